The number of H-pyrrole nitrogens is 1. The Balaban J connectivity index is 2.18. The van der Waals surface area contributed by atoms with Gasteiger partial charge in [-0.15, -0.1) is 0 Å². The van der Waals surface area contributed by atoms with Crippen LogP contribution >= 0.6 is 0 Å². The van der Waals surface area contributed by atoms with Crippen molar-refractivity contribution in [3.05, 3.63) is 45.9 Å². The van der Waals surface area contributed by atoms with Gasteiger partial charge < -0.3 is 9.47 Å². The van der Waals surface area contributed by atoms with Gasteiger partial charge >= 0.3 is 0 Å². The minimum Gasteiger partial charge on any atom is -0.493 e. The van der Waals surface area contributed by atoms with Gasteiger partial charge in [0.2, 0.25) is 5.95 Å². The number of anilines is 1. The number of hydrazone groups is 1. The molecule has 0 unspecified atom stereocenters. The Kier molecular flexibility index (Phi) is 4.55. The molecule has 0 saturated heterocycles. The SMILES string of the molecule is COc1cccc(/C=N\Nc2ncc(C)c(=O)[nH]2)c1OC. The van der Waals surface area contributed by atoms with Gasteiger partial charge in [-0.3, -0.25) is 9.78 Å². The third kappa shape index (κ3) is 3.38. The van der Waals surface area contributed by atoms with E-state index in [0.29, 0.717) is 17.1 Å². The van der Waals surface area contributed by atoms with Crippen molar-refractivity contribution in [1.82, 2.24) is 9.97 Å². The van der Waals surface area contributed by atoms with Crippen LogP contribution in [0, 0.1) is 6.92 Å². The van der Waals surface area contributed by atoms with E-state index in [1.807, 2.05) is 12.1 Å². The monoisotopic (exact) mass is 288 g/mol. The Morgan fingerprint density at radius 2 is 2.14 bits per heavy atom. The molecular formula is C14H16N4O3. The minimum absolute atomic E-state index is 0.207. The zero-order valence-corrected chi connectivity index (χ0v) is 12.0. The molecule has 1 aromatic carbocycles. The van der Waals surface area contributed by atoms with Gasteiger partial charge in [-0.25, -0.2) is 10.4 Å². The number of para-hydroxylation sites is 1. The molecule has 0 fully saturated rings. The van der Waals surface area contributed by atoms with Crippen LogP contribution in [0.2, 0.25) is 0 Å². The average molecular weight is 288 g/mol. The molecule has 2 aromatic rings. The zero-order valence-electron chi connectivity index (χ0n) is 12.0. The number of aromatic nitrogens is 2. The molecule has 0 atom stereocenters. The molecule has 21 heavy (non-hydrogen) atoms. The Morgan fingerprint density at radius 1 is 1.33 bits per heavy atom. The molecular weight excluding hydrogens is 272 g/mol. The number of hydrogen-bond acceptors (Lipinski definition) is 6. The van der Waals surface area contributed by atoms with Gasteiger partial charge in [0.25, 0.3) is 5.56 Å². The molecule has 2 N–H and O–H groups in total. The predicted octanol–water partition coefficient (Wildman–Crippen LogP) is 1.54. The normalized spacial score (nSPS) is 10.6. The lowest BCUT2D eigenvalue weighted by molar-refractivity contribution is 0.354. The van der Waals surface area contributed by atoms with Crippen molar-refractivity contribution in [2.24, 2.45) is 5.10 Å². The fraction of sp³-hybridized carbons (Fsp3) is 0.214. The Bertz CT molecular complexity index is 710. The summed E-state index contributed by atoms with van der Waals surface area (Å²) >= 11 is 0. The highest BCUT2D eigenvalue weighted by atomic mass is 16.5. The van der Waals surface area contributed by atoms with E-state index in [0.717, 1.165) is 5.56 Å². The lowest BCUT2D eigenvalue weighted by Crippen LogP contribution is -2.12. The van der Waals surface area contributed by atoms with Crippen LogP contribution in [0.15, 0.2) is 34.3 Å². The minimum atomic E-state index is -0.207. The Hall–Kier alpha value is -2.83. The van der Waals surface area contributed by atoms with Crippen LogP contribution in [0.3, 0.4) is 0 Å². The van der Waals surface area contributed by atoms with Crippen molar-refractivity contribution >= 4 is 12.2 Å². The standard InChI is InChI=1S/C14H16N4O3/c1-9-7-15-14(17-13(9)19)18-16-8-10-5-4-6-11(20-2)12(10)21-3/h4-8H,1-3H3,(H2,15,17,18,19)/b16-8-. The van der Waals surface area contributed by atoms with Gasteiger partial charge in [-0.1, -0.05) is 6.07 Å². The van der Waals surface area contributed by atoms with Crippen molar-refractivity contribution in [3.8, 4) is 11.5 Å². The number of aromatic amines is 1. The van der Waals surface area contributed by atoms with Gasteiger partial charge in [-0.2, -0.15) is 5.10 Å². The maximum atomic E-state index is 11.4. The largest absolute Gasteiger partial charge is 0.493 e. The first-order valence-corrected chi connectivity index (χ1v) is 6.21. The Morgan fingerprint density at radius 3 is 2.81 bits per heavy atom. The molecule has 0 spiro atoms. The molecule has 7 nitrogen and oxygen atoms in total. The number of hydrogen-bond donors (Lipinski definition) is 2. The van der Waals surface area contributed by atoms with Crippen LogP contribution in [0.25, 0.3) is 0 Å². The number of rotatable bonds is 5. The van der Waals surface area contributed by atoms with Crippen LogP contribution in [-0.2, 0) is 0 Å². The maximum Gasteiger partial charge on any atom is 0.255 e. The topological polar surface area (TPSA) is 88.6 Å². The molecule has 0 radical (unpaired) electrons. The zero-order chi connectivity index (χ0) is 15.2. The third-order valence-electron chi connectivity index (χ3n) is 2.78. The van der Waals surface area contributed by atoms with Gasteiger partial charge in [-0.05, 0) is 19.1 Å². The van der Waals surface area contributed by atoms with Gasteiger partial charge in [0, 0.05) is 17.3 Å². The van der Waals surface area contributed by atoms with Crippen molar-refractivity contribution in [2.75, 3.05) is 19.6 Å². The highest BCUT2D eigenvalue weighted by molar-refractivity contribution is 5.85. The summed E-state index contributed by atoms with van der Waals surface area (Å²) in [7, 11) is 3.12. The molecule has 1 heterocycles. The summed E-state index contributed by atoms with van der Waals surface area (Å²) < 4.78 is 10.5. The molecule has 0 amide bonds. The van der Waals surface area contributed by atoms with E-state index in [1.54, 1.807) is 33.4 Å². The first-order chi connectivity index (χ1) is 10.2. The van der Waals surface area contributed by atoms with E-state index in [9.17, 15) is 4.79 Å². The number of methoxy groups -OCH3 is 2. The fourth-order valence-electron chi connectivity index (χ4n) is 1.69. The summed E-state index contributed by atoms with van der Waals surface area (Å²) in [6.45, 7) is 1.68. The lowest BCUT2D eigenvalue weighted by Gasteiger charge is -2.09. The van der Waals surface area contributed by atoms with Crippen molar-refractivity contribution in [2.45, 2.75) is 6.92 Å². The molecule has 0 saturated carbocycles. The van der Waals surface area contributed by atoms with E-state index < -0.39 is 0 Å². The Labute approximate surface area is 121 Å². The quantitative estimate of drug-likeness (QED) is 0.643. The van der Waals surface area contributed by atoms with E-state index in [2.05, 4.69) is 20.5 Å². The van der Waals surface area contributed by atoms with Crippen molar-refractivity contribution in [1.29, 1.82) is 0 Å². The number of nitrogens with zero attached hydrogens (tertiary/aromatic N) is 2. The summed E-state index contributed by atoms with van der Waals surface area (Å²) in [5, 5.41) is 4.02. The highest BCUT2D eigenvalue weighted by Gasteiger charge is 2.07. The molecule has 0 bridgehead atoms. The second kappa shape index (κ2) is 6.56. The number of aryl methyl sites for hydroxylation is 1. The van der Waals surface area contributed by atoms with Crippen LogP contribution in [-0.4, -0.2) is 30.4 Å². The third-order valence-corrected chi connectivity index (χ3v) is 2.78. The van der Waals surface area contributed by atoms with Gasteiger partial charge in [0.15, 0.2) is 11.5 Å². The van der Waals surface area contributed by atoms with E-state index in [4.69, 9.17) is 9.47 Å². The van der Waals surface area contributed by atoms with Gasteiger partial charge in [0.05, 0.1) is 20.4 Å². The summed E-state index contributed by atoms with van der Waals surface area (Å²) in [6.07, 6.45) is 3.03. The van der Waals surface area contributed by atoms with Crippen molar-refractivity contribution in [3.63, 3.8) is 0 Å². The summed E-state index contributed by atoms with van der Waals surface area (Å²) in [5.74, 6) is 1.46. The molecule has 0 aliphatic rings. The molecule has 0 aliphatic carbocycles. The number of benzene rings is 1. The number of ether oxygens (including phenoxy) is 2. The first kappa shape index (κ1) is 14.6. The van der Waals surface area contributed by atoms with Crippen LogP contribution < -0.4 is 20.5 Å². The van der Waals surface area contributed by atoms with E-state index in [1.165, 1.54) is 6.20 Å². The summed E-state index contributed by atoms with van der Waals surface area (Å²) in [4.78, 5) is 18.0. The predicted molar refractivity (Wildman–Crippen MR) is 80.4 cm³/mol. The molecule has 7 heteroatoms. The van der Waals surface area contributed by atoms with Crippen LogP contribution in [0.5, 0.6) is 11.5 Å². The second-order valence-corrected chi connectivity index (χ2v) is 4.20. The van der Waals surface area contributed by atoms with Crippen LogP contribution in [0.4, 0.5) is 5.95 Å². The molecule has 2 rings (SSSR count). The van der Waals surface area contributed by atoms with Crippen molar-refractivity contribution < 1.29 is 9.47 Å². The maximum absolute atomic E-state index is 11.4. The first-order valence-electron chi connectivity index (χ1n) is 6.21. The van der Waals surface area contributed by atoms with E-state index >= 15 is 0 Å². The second-order valence-electron chi connectivity index (χ2n) is 4.20. The number of nitrogens with one attached hydrogen (secondary N) is 2. The summed E-state index contributed by atoms with van der Waals surface area (Å²) in [6, 6.07) is 5.45. The summed E-state index contributed by atoms with van der Waals surface area (Å²) in [5.41, 5.74) is 3.73. The molecule has 1 aromatic heterocycles. The van der Waals surface area contributed by atoms with Gasteiger partial charge in [0.1, 0.15) is 0 Å². The lowest BCUT2D eigenvalue weighted by atomic mass is 10.2. The van der Waals surface area contributed by atoms with E-state index in [-0.39, 0.29) is 11.5 Å². The molecule has 0 aliphatic heterocycles. The van der Waals surface area contributed by atoms with Crippen LogP contribution in [0.1, 0.15) is 11.1 Å². The molecule has 110 valence electrons. The smallest absolute Gasteiger partial charge is 0.255 e. The highest BCUT2D eigenvalue weighted by Crippen LogP contribution is 2.29. The average Bonchev–Trinajstić information content (AvgIpc) is 2.50. The fourth-order valence-corrected chi connectivity index (χ4v) is 1.69.